The highest BCUT2D eigenvalue weighted by atomic mass is 19.4. The molecule has 0 bridgehead atoms. The first-order chi connectivity index (χ1) is 18.0. The number of pyridine rings is 1. The van der Waals surface area contributed by atoms with E-state index >= 15 is 0 Å². The van der Waals surface area contributed by atoms with E-state index in [1.807, 2.05) is 4.90 Å². The van der Waals surface area contributed by atoms with Gasteiger partial charge in [0.15, 0.2) is 11.5 Å². The zero-order valence-corrected chi connectivity index (χ0v) is 20.4. The molecule has 204 valence electrons. The van der Waals surface area contributed by atoms with Gasteiger partial charge in [-0.15, -0.1) is 5.10 Å². The SMILES string of the molecule is CNc1nc(N)nn2ccc(-c3ccc4ncn(CC(F)(F)F)c4n3)c12.FC1(F)CCCN(C2COC2)C1. The smallest absolute Gasteiger partial charge is 0.378 e. The van der Waals surface area contributed by atoms with Gasteiger partial charge in [0, 0.05) is 25.2 Å². The Labute approximate surface area is 213 Å². The Morgan fingerprint density at radius 1 is 1.18 bits per heavy atom. The van der Waals surface area contributed by atoms with Crippen LogP contribution in [0, 0.1) is 0 Å². The summed E-state index contributed by atoms with van der Waals surface area (Å²) in [4.78, 5) is 14.3. The number of hydrogen-bond acceptors (Lipinski definition) is 8. The van der Waals surface area contributed by atoms with Crippen molar-refractivity contribution in [3.05, 3.63) is 30.7 Å². The van der Waals surface area contributed by atoms with Crippen LogP contribution in [0.4, 0.5) is 33.7 Å². The number of nitrogens with two attached hydrogens (primary N) is 1. The molecule has 2 aliphatic heterocycles. The van der Waals surface area contributed by atoms with E-state index in [1.165, 1.54) is 0 Å². The molecule has 3 N–H and O–H groups in total. The van der Waals surface area contributed by atoms with Crippen LogP contribution >= 0.6 is 0 Å². The number of nitrogens with zero attached hydrogens (tertiary/aromatic N) is 7. The van der Waals surface area contributed by atoms with E-state index < -0.39 is 18.6 Å². The molecule has 4 aromatic rings. The van der Waals surface area contributed by atoms with Gasteiger partial charge >= 0.3 is 6.18 Å². The number of nitrogen functional groups attached to an aromatic ring is 1. The van der Waals surface area contributed by atoms with Crippen LogP contribution < -0.4 is 11.1 Å². The Balaban J connectivity index is 0.000000204. The van der Waals surface area contributed by atoms with Crippen LogP contribution in [0.15, 0.2) is 30.7 Å². The molecule has 0 amide bonds. The van der Waals surface area contributed by atoms with Gasteiger partial charge in [0.1, 0.15) is 17.6 Å². The van der Waals surface area contributed by atoms with Crippen LogP contribution in [-0.2, 0) is 11.3 Å². The number of halogens is 5. The molecule has 0 saturated carbocycles. The molecule has 2 fully saturated rings. The number of ether oxygens (including phenoxy) is 1. The molecule has 10 nitrogen and oxygen atoms in total. The van der Waals surface area contributed by atoms with Crippen molar-refractivity contribution in [1.82, 2.24) is 34.0 Å². The molecule has 0 unspecified atom stereocenters. The topological polar surface area (TPSA) is 111 Å². The second-order valence-corrected chi connectivity index (χ2v) is 9.24. The molecule has 2 saturated heterocycles. The number of hydrogen-bond donors (Lipinski definition) is 2. The Morgan fingerprint density at radius 2 is 1.97 bits per heavy atom. The summed E-state index contributed by atoms with van der Waals surface area (Å²) in [5.41, 5.74) is 7.97. The summed E-state index contributed by atoms with van der Waals surface area (Å²) in [6.45, 7) is 0.856. The first kappa shape index (κ1) is 26.0. The second-order valence-electron chi connectivity index (χ2n) is 9.24. The lowest BCUT2D eigenvalue weighted by Crippen LogP contribution is -2.55. The van der Waals surface area contributed by atoms with Crippen LogP contribution in [0.5, 0.6) is 0 Å². The largest absolute Gasteiger partial charge is 0.406 e. The molecule has 0 atom stereocenters. The first-order valence-electron chi connectivity index (χ1n) is 11.9. The van der Waals surface area contributed by atoms with Gasteiger partial charge in [0.05, 0.1) is 37.8 Å². The number of rotatable bonds is 4. The fraction of sp³-hybridized carbons (Fsp3) is 0.478. The number of imidazole rings is 1. The maximum absolute atomic E-state index is 12.9. The van der Waals surface area contributed by atoms with Crippen molar-refractivity contribution >= 4 is 28.4 Å². The molecule has 0 aromatic carbocycles. The van der Waals surface area contributed by atoms with Crippen molar-refractivity contribution in [2.45, 2.75) is 37.5 Å². The average Bonchev–Trinajstić information content (AvgIpc) is 3.40. The summed E-state index contributed by atoms with van der Waals surface area (Å²) < 4.78 is 71.5. The number of piperidine rings is 1. The minimum absolute atomic E-state index is 0.0527. The molecule has 0 spiro atoms. The molecular weight excluding hydrogens is 513 g/mol. The molecule has 2 aliphatic rings. The Morgan fingerprint density at radius 3 is 2.63 bits per heavy atom. The highest BCUT2D eigenvalue weighted by Crippen LogP contribution is 2.31. The van der Waals surface area contributed by atoms with Crippen molar-refractivity contribution in [1.29, 1.82) is 0 Å². The number of fused-ring (bicyclic) bond motifs is 2. The standard InChI is InChI=1S/C15H13F3N8.C8H13F2NO/c1-20-12-11-8(4-5-26(11)24-14(19)23-12)9-2-3-10-13(22-9)25(7-21-10)6-15(16,17)18;9-8(10)2-1-3-11(6-8)7-4-12-5-7/h2-5,7H,6H2,1H3,(H3,19,20,23,24);7H,1-6H2. The zero-order valence-electron chi connectivity index (χ0n) is 20.4. The highest BCUT2D eigenvalue weighted by Gasteiger charge is 2.39. The fourth-order valence-electron chi connectivity index (χ4n) is 4.56. The average molecular weight is 540 g/mol. The van der Waals surface area contributed by atoms with Crippen molar-refractivity contribution in [3.8, 4) is 11.3 Å². The monoisotopic (exact) mass is 539 g/mol. The van der Waals surface area contributed by atoms with Crippen LogP contribution in [0.1, 0.15) is 12.8 Å². The van der Waals surface area contributed by atoms with Gasteiger partial charge in [-0.25, -0.2) is 23.3 Å². The fourth-order valence-corrected chi connectivity index (χ4v) is 4.56. The molecular formula is C23H26F5N9O. The molecule has 0 radical (unpaired) electrons. The molecule has 4 aromatic heterocycles. The molecule has 6 rings (SSSR count). The van der Waals surface area contributed by atoms with Crippen LogP contribution in [0.3, 0.4) is 0 Å². The van der Waals surface area contributed by atoms with Crippen molar-refractivity contribution in [2.24, 2.45) is 0 Å². The van der Waals surface area contributed by atoms with E-state index in [2.05, 4.69) is 25.4 Å². The van der Waals surface area contributed by atoms with Gasteiger partial charge in [-0.2, -0.15) is 18.2 Å². The number of nitrogens with one attached hydrogen (secondary N) is 1. The quantitative estimate of drug-likeness (QED) is 0.380. The maximum atomic E-state index is 12.9. The summed E-state index contributed by atoms with van der Waals surface area (Å²) >= 11 is 0. The van der Waals surface area contributed by atoms with E-state index in [4.69, 9.17) is 10.5 Å². The lowest BCUT2D eigenvalue weighted by Gasteiger charge is -2.41. The van der Waals surface area contributed by atoms with E-state index in [-0.39, 0.29) is 30.6 Å². The minimum atomic E-state index is -4.36. The Bertz CT molecular complexity index is 1430. The van der Waals surface area contributed by atoms with Crippen molar-refractivity contribution < 1.29 is 26.7 Å². The third kappa shape index (κ3) is 5.48. The van der Waals surface area contributed by atoms with Gasteiger partial charge in [-0.05, 0) is 31.2 Å². The summed E-state index contributed by atoms with van der Waals surface area (Å²) in [5, 5.41) is 7.03. The third-order valence-electron chi connectivity index (χ3n) is 6.41. The molecule has 38 heavy (non-hydrogen) atoms. The van der Waals surface area contributed by atoms with Crippen molar-refractivity contribution in [2.75, 3.05) is 44.4 Å². The van der Waals surface area contributed by atoms with E-state index in [0.717, 1.165) is 17.4 Å². The third-order valence-corrected chi connectivity index (χ3v) is 6.41. The summed E-state index contributed by atoms with van der Waals surface area (Å²) in [7, 11) is 1.69. The van der Waals surface area contributed by atoms with Crippen LogP contribution in [0.25, 0.3) is 27.9 Å². The maximum Gasteiger partial charge on any atom is 0.406 e. The number of aromatic nitrogens is 6. The van der Waals surface area contributed by atoms with Crippen LogP contribution in [0.2, 0.25) is 0 Å². The predicted octanol–water partition coefficient (Wildman–Crippen LogP) is 3.44. The summed E-state index contributed by atoms with van der Waals surface area (Å²) in [6.07, 6.45) is -0.878. The molecule has 0 aliphatic carbocycles. The normalized spacial score (nSPS) is 18.3. The summed E-state index contributed by atoms with van der Waals surface area (Å²) in [5.74, 6) is -1.88. The number of alkyl halides is 5. The lowest BCUT2D eigenvalue weighted by molar-refractivity contribution is -0.140. The second kappa shape index (κ2) is 9.94. The van der Waals surface area contributed by atoms with Crippen molar-refractivity contribution in [3.63, 3.8) is 0 Å². The van der Waals surface area contributed by atoms with E-state index in [9.17, 15) is 22.0 Å². The predicted molar refractivity (Wildman–Crippen MR) is 130 cm³/mol. The molecule has 6 heterocycles. The van der Waals surface area contributed by atoms with Gasteiger partial charge in [0.2, 0.25) is 5.95 Å². The first-order valence-corrected chi connectivity index (χ1v) is 11.9. The summed E-state index contributed by atoms with van der Waals surface area (Å²) in [6, 6.07) is 5.34. The number of anilines is 2. The number of likely N-dealkylation sites (tertiary alicyclic amines) is 1. The Kier molecular flexibility index (Phi) is 6.81. The van der Waals surface area contributed by atoms with Gasteiger partial charge < -0.3 is 20.4 Å². The van der Waals surface area contributed by atoms with E-state index in [1.54, 1.807) is 36.0 Å². The van der Waals surface area contributed by atoms with Gasteiger partial charge in [0.25, 0.3) is 5.92 Å². The van der Waals surface area contributed by atoms with Gasteiger partial charge in [-0.3, -0.25) is 4.90 Å². The lowest BCUT2D eigenvalue weighted by atomic mass is 10.0. The van der Waals surface area contributed by atoms with Gasteiger partial charge in [-0.1, -0.05) is 0 Å². The van der Waals surface area contributed by atoms with E-state index in [0.29, 0.717) is 47.7 Å². The van der Waals surface area contributed by atoms with Crippen LogP contribution in [-0.4, -0.2) is 85.5 Å². The minimum Gasteiger partial charge on any atom is -0.378 e. The highest BCUT2D eigenvalue weighted by molar-refractivity contribution is 5.89. The zero-order chi connectivity index (χ0) is 27.1. The Hall–Kier alpha value is -3.59. The molecule has 15 heteroatoms.